The first-order valence-electron chi connectivity index (χ1n) is 4.14. The lowest BCUT2D eigenvalue weighted by Crippen LogP contribution is -2.14. The molecule has 0 rings (SSSR count). The Morgan fingerprint density at radius 1 is 1.30 bits per heavy atom. The molecule has 0 bridgehead atoms. The second-order valence-electron chi connectivity index (χ2n) is 2.83. The molecule has 1 N–H and O–H groups in total. The molecule has 10 heavy (non-hydrogen) atoms. The van der Waals surface area contributed by atoms with Gasteiger partial charge in [0, 0.05) is 11.8 Å². The van der Waals surface area contributed by atoms with Crippen LogP contribution in [0.25, 0.3) is 0 Å². The molecule has 0 unspecified atom stereocenters. The molecule has 0 aromatic carbocycles. The molecule has 1 nitrogen and oxygen atoms in total. The van der Waals surface area contributed by atoms with Crippen LogP contribution in [0.15, 0.2) is 0 Å². The summed E-state index contributed by atoms with van der Waals surface area (Å²) in [4.78, 5) is 0. The number of rotatable bonds is 6. The van der Waals surface area contributed by atoms with Crippen LogP contribution >= 0.6 is 11.9 Å². The van der Waals surface area contributed by atoms with E-state index >= 15 is 0 Å². The average molecular weight is 161 g/mol. The zero-order valence-electron chi connectivity index (χ0n) is 7.31. The molecule has 0 atom stereocenters. The zero-order chi connectivity index (χ0) is 7.82. The van der Waals surface area contributed by atoms with Gasteiger partial charge in [-0.05, 0) is 20.3 Å². The highest BCUT2D eigenvalue weighted by Gasteiger charge is 1.90. The van der Waals surface area contributed by atoms with E-state index in [1.54, 1.807) is 0 Å². The number of nitrogens with one attached hydrogen (secondary N) is 1. The maximum atomic E-state index is 3.32. The molecule has 0 fully saturated rings. The lowest BCUT2D eigenvalue weighted by atomic mass is 10.3. The van der Waals surface area contributed by atoms with Crippen LogP contribution in [0.2, 0.25) is 0 Å². The summed E-state index contributed by atoms with van der Waals surface area (Å²) in [5.41, 5.74) is 0. The van der Waals surface area contributed by atoms with Gasteiger partial charge in [0.05, 0.1) is 0 Å². The van der Waals surface area contributed by atoms with E-state index in [0.29, 0.717) is 6.04 Å². The smallest absolute Gasteiger partial charge is 0.0115 e. The van der Waals surface area contributed by atoms with Gasteiger partial charge in [-0.15, -0.1) is 0 Å². The summed E-state index contributed by atoms with van der Waals surface area (Å²) in [7, 11) is 0. The van der Waals surface area contributed by atoms with Crippen molar-refractivity contribution in [2.45, 2.75) is 46.1 Å². The minimum atomic E-state index is 0.617. The normalized spacial score (nSPS) is 10.8. The Bertz CT molecular complexity index is 64.3. The summed E-state index contributed by atoms with van der Waals surface area (Å²) in [5.74, 6) is 1.26. The molecule has 2 heteroatoms. The molecule has 0 aliphatic rings. The van der Waals surface area contributed by atoms with Gasteiger partial charge in [-0.2, -0.15) is 0 Å². The number of hydrogen-bond donors (Lipinski definition) is 1. The predicted octanol–water partition coefficient (Wildman–Crippen LogP) is 2.82. The fourth-order valence-electron chi connectivity index (χ4n) is 0.650. The van der Waals surface area contributed by atoms with Crippen molar-refractivity contribution in [3.05, 3.63) is 0 Å². The first-order chi connectivity index (χ1) is 4.77. The zero-order valence-corrected chi connectivity index (χ0v) is 8.13. The van der Waals surface area contributed by atoms with Crippen molar-refractivity contribution in [1.29, 1.82) is 0 Å². The second-order valence-corrected chi connectivity index (χ2v) is 3.76. The minimum absolute atomic E-state index is 0.617. The summed E-state index contributed by atoms with van der Waals surface area (Å²) in [5, 5.41) is 0. The average Bonchev–Trinajstić information content (AvgIpc) is 1.87. The molecule has 0 aliphatic heterocycles. The number of unbranched alkanes of at least 4 members (excludes halogenated alkanes) is 2. The van der Waals surface area contributed by atoms with Gasteiger partial charge in [0.1, 0.15) is 0 Å². The van der Waals surface area contributed by atoms with Gasteiger partial charge in [-0.25, -0.2) is 0 Å². The van der Waals surface area contributed by atoms with E-state index in [1.807, 2.05) is 11.9 Å². The Balaban J connectivity index is 2.77. The first kappa shape index (κ1) is 10.3. The van der Waals surface area contributed by atoms with Crippen molar-refractivity contribution in [3.8, 4) is 0 Å². The van der Waals surface area contributed by atoms with Crippen LogP contribution < -0.4 is 4.72 Å². The van der Waals surface area contributed by atoms with Gasteiger partial charge >= 0.3 is 0 Å². The molecule has 62 valence electrons. The number of hydrogen-bond acceptors (Lipinski definition) is 2. The van der Waals surface area contributed by atoms with Crippen LogP contribution in [-0.2, 0) is 0 Å². The summed E-state index contributed by atoms with van der Waals surface area (Å²) >= 11 is 1.85. The molecular weight excluding hydrogens is 142 g/mol. The lowest BCUT2D eigenvalue weighted by molar-refractivity contribution is 0.755. The second kappa shape index (κ2) is 7.42. The molecular formula is C8H19NS. The van der Waals surface area contributed by atoms with E-state index in [1.165, 1.54) is 25.0 Å². The van der Waals surface area contributed by atoms with Crippen molar-refractivity contribution in [1.82, 2.24) is 4.72 Å². The van der Waals surface area contributed by atoms with Gasteiger partial charge < -0.3 is 0 Å². The lowest BCUT2D eigenvalue weighted by Gasteiger charge is -2.05. The SMILES string of the molecule is CCCCCSNC(C)C. The monoisotopic (exact) mass is 161 g/mol. The fraction of sp³-hybridized carbons (Fsp3) is 1.00. The van der Waals surface area contributed by atoms with Crippen LogP contribution in [0.5, 0.6) is 0 Å². The van der Waals surface area contributed by atoms with Crippen molar-refractivity contribution in [2.24, 2.45) is 0 Å². The first-order valence-corrected chi connectivity index (χ1v) is 5.13. The molecule has 0 saturated carbocycles. The van der Waals surface area contributed by atoms with E-state index in [9.17, 15) is 0 Å². The minimum Gasteiger partial charge on any atom is -0.262 e. The quantitative estimate of drug-likeness (QED) is 0.475. The van der Waals surface area contributed by atoms with Crippen molar-refractivity contribution in [2.75, 3.05) is 5.75 Å². The highest BCUT2D eigenvalue weighted by atomic mass is 32.2. The summed E-state index contributed by atoms with van der Waals surface area (Å²) in [6.07, 6.45) is 4.04. The van der Waals surface area contributed by atoms with E-state index in [0.717, 1.165) is 0 Å². The molecule has 0 aromatic rings. The van der Waals surface area contributed by atoms with E-state index < -0.39 is 0 Å². The van der Waals surface area contributed by atoms with Gasteiger partial charge in [-0.1, -0.05) is 31.7 Å². The third kappa shape index (κ3) is 8.31. The van der Waals surface area contributed by atoms with Crippen LogP contribution in [0.1, 0.15) is 40.0 Å². The predicted molar refractivity (Wildman–Crippen MR) is 50.3 cm³/mol. The van der Waals surface area contributed by atoms with Crippen molar-refractivity contribution >= 4 is 11.9 Å². The summed E-state index contributed by atoms with van der Waals surface area (Å²) in [6.45, 7) is 6.58. The van der Waals surface area contributed by atoms with Gasteiger partial charge in [-0.3, -0.25) is 4.72 Å². The molecule has 0 amide bonds. The Labute approximate surface area is 69.1 Å². The van der Waals surface area contributed by atoms with E-state index in [2.05, 4.69) is 25.5 Å². The molecule has 0 aromatic heterocycles. The maximum Gasteiger partial charge on any atom is 0.0115 e. The topological polar surface area (TPSA) is 12.0 Å². The summed E-state index contributed by atoms with van der Waals surface area (Å²) in [6, 6.07) is 0.617. The standard InChI is InChI=1S/C8H19NS/c1-4-5-6-7-10-9-8(2)3/h8-9H,4-7H2,1-3H3. The highest BCUT2D eigenvalue weighted by Crippen LogP contribution is 2.02. The Hall–Kier alpha value is 0.310. The molecule has 0 heterocycles. The Morgan fingerprint density at radius 2 is 2.00 bits per heavy atom. The third-order valence-corrected chi connectivity index (χ3v) is 2.30. The van der Waals surface area contributed by atoms with Gasteiger partial charge in [0.25, 0.3) is 0 Å². The highest BCUT2D eigenvalue weighted by molar-refractivity contribution is 7.97. The molecule has 0 spiro atoms. The summed E-state index contributed by atoms with van der Waals surface area (Å²) < 4.78 is 3.32. The Kier molecular flexibility index (Phi) is 7.65. The van der Waals surface area contributed by atoms with Crippen LogP contribution in [0, 0.1) is 0 Å². The fourth-order valence-corrected chi connectivity index (χ4v) is 1.45. The van der Waals surface area contributed by atoms with Crippen LogP contribution in [-0.4, -0.2) is 11.8 Å². The molecule has 0 aliphatic carbocycles. The van der Waals surface area contributed by atoms with Gasteiger partial charge in [0.2, 0.25) is 0 Å². The van der Waals surface area contributed by atoms with E-state index in [-0.39, 0.29) is 0 Å². The largest absolute Gasteiger partial charge is 0.262 e. The third-order valence-electron chi connectivity index (χ3n) is 1.17. The van der Waals surface area contributed by atoms with Crippen LogP contribution in [0.4, 0.5) is 0 Å². The molecule has 0 saturated heterocycles. The van der Waals surface area contributed by atoms with Gasteiger partial charge in [0.15, 0.2) is 0 Å². The molecule has 0 radical (unpaired) electrons. The van der Waals surface area contributed by atoms with E-state index in [4.69, 9.17) is 0 Å². The maximum absolute atomic E-state index is 3.32. The Morgan fingerprint density at radius 3 is 2.50 bits per heavy atom. The van der Waals surface area contributed by atoms with Crippen LogP contribution in [0.3, 0.4) is 0 Å². The van der Waals surface area contributed by atoms with Crippen molar-refractivity contribution < 1.29 is 0 Å². The van der Waals surface area contributed by atoms with Crippen molar-refractivity contribution in [3.63, 3.8) is 0 Å².